The van der Waals surface area contributed by atoms with Gasteiger partial charge in [0.15, 0.2) is 0 Å². The zero-order valence-electron chi connectivity index (χ0n) is 17.5. The van der Waals surface area contributed by atoms with Crippen molar-refractivity contribution in [1.82, 2.24) is 0 Å². The van der Waals surface area contributed by atoms with Gasteiger partial charge in [0, 0.05) is 12.3 Å². The van der Waals surface area contributed by atoms with Gasteiger partial charge in [-0.3, -0.25) is 4.79 Å². The molecule has 0 spiro atoms. The zero-order chi connectivity index (χ0) is 19.2. The van der Waals surface area contributed by atoms with Crippen LogP contribution in [-0.2, 0) is 9.53 Å². The van der Waals surface area contributed by atoms with E-state index in [1.54, 1.807) is 10.5 Å². The van der Waals surface area contributed by atoms with Gasteiger partial charge in [0.2, 0.25) is 0 Å². The molecule has 150 valence electrons. The van der Waals surface area contributed by atoms with Crippen molar-refractivity contribution in [3.8, 4) is 0 Å². The molecule has 0 bridgehead atoms. The molecular formula is C23H40O2S. The SMILES string of the molecule is CCCCC(C)CC/C=C/C1CCC(C)=C1SCCCCCC(=O)OC. The Kier molecular flexibility index (Phi) is 12.9. The number of allylic oxidation sites excluding steroid dienone is 4. The molecule has 2 unspecified atom stereocenters. The molecular weight excluding hydrogens is 340 g/mol. The van der Waals surface area contributed by atoms with E-state index >= 15 is 0 Å². The third kappa shape index (κ3) is 9.85. The number of carbonyl (C=O) groups is 1. The first-order valence-corrected chi connectivity index (χ1v) is 11.6. The van der Waals surface area contributed by atoms with Gasteiger partial charge in [0.25, 0.3) is 0 Å². The highest BCUT2D eigenvalue weighted by Gasteiger charge is 2.21. The van der Waals surface area contributed by atoms with Crippen LogP contribution in [-0.4, -0.2) is 18.8 Å². The lowest BCUT2D eigenvalue weighted by molar-refractivity contribution is -0.140. The van der Waals surface area contributed by atoms with Crippen LogP contribution in [0, 0.1) is 11.8 Å². The van der Waals surface area contributed by atoms with Gasteiger partial charge in [-0.2, -0.15) is 0 Å². The van der Waals surface area contributed by atoms with E-state index in [-0.39, 0.29) is 5.97 Å². The standard InChI is InChI=1S/C23H40O2S/c1-5-6-12-19(2)13-9-10-14-21-17-16-20(3)23(21)26-18-11-7-8-15-22(24)25-4/h10,14,19,21H,5-9,11-13,15-18H2,1-4H3/b14-10+. The number of hydrogen-bond donors (Lipinski definition) is 0. The molecule has 1 aliphatic carbocycles. The van der Waals surface area contributed by atoms with Gasteiger partial charge in [-0.1, -0.05) is 57.3 Å². The lowest BCUT2D eigenvalue weighted by Gasteiger charge is -2.12. The average Bonchev–Trinajstić information content (AvgIpc) is 2.99. The van der Waals surface area contributed by atoms with Gasteiger partial charge < -0.3 is 4.74 Å². The summed E-state index contributed by atoms with van der Waals surface area (Å²) in [5.41, 5.74) is 1.59. The quantitative estimate of drug-likeness (QED) is 0.180. The Hall–Kier alpha value is -0.700. The summed E-state index contributed by atoms with van der Waals surface area (Å²) in [4.78, 5) is 12.7. The minimum atomic E-state index is -0.0822. The van der Waals surface area contributed by atoms with Gasteiger partial charge in [-0.25, -0.2) is 0 Å². The number of esters is 1. The predicted octanol–water partition coefficient (Wildman–Crippen LogP) is 7.30. The molecule has 0 saturated heterocycles. The van der Waals surface area contributed by atoms with E-state index in [9.17, 15) is 4.79 Å². The Morgan fingerprint density at radius 3 is 2.81 bits per heavy atom. The molecule has 2 atom stereocenters. The van der Waals surface area contributed by atoms with Crippen LogP contribution in [0.25, 0.3) is 0 Å². The number of unbranched alkanes of at least 4 members (excludes halogenated alkanes) is 3. The molecule has 1 rings (SSSR count). The Bertz CT molecular complexity index is 453. The molecule has 0 aromatic rings. The maximum atomic E-state index is 11.1. The first kappa shape index (κ1) is 23.3. The van der Waals surface area contributed by atoms with Crippen molar-refractivity contribution in [1.29, 1.82) is 0 Å². The van der Waals surface area contributed by atoms with Gasteiger partial charge in [-0.15, -0.1) is 11.8 Å². The second kappa shape index (κ2) is 14.4. The van der Waals surface area contributed by atoms with Gasteiger partial charge >= 0.3 is 5.97 Å². The van der Waals surface area contributed by atoms with Crippen LogP contribution in [0.4, 0.5) is 0 Å². The molecule has 0 amide bonds. The molecule has 0 heterocycles. The van der Waals surface area contributed by atoms with E-state index < -0.39 is 0 Å². The molecule has 0 aliphatic heterocycles. The summed E-state index contributed by atoms with van der Waals surface area (Å²) in [5, 5.41) is 0. The fourth-order valence-electron chi connectivity index (χ4n) is 3.53. The Balaban J connectivity index is 2.23. The Morgan fingerprint density at radius 2 is 2.08 bits per heavy atom. The summed E-state index contributed by atoms with van der Waals surface area (Å²) in [6, 6.07) is 0. The fraction of sp³-hybridized carbons (Fsp3) is 0.783. The average molecular weight is 381 g/mol. The summed E-state index contributed by atoms with van der Waals surface area (Å²) < 4.78 is 4.69. The van der Waals surface area contributed by atoms with Gasteiger partial charge in [-0.05, 0) is 62.0 Å². The van der Waals surface area contributed by atoms with Crippen molar-refractivity contribution in [3.63, 3.8) is 0 Å². The van der Waals surface area contributed by atoms with Crippen LogP contribution in [0.5, 0.6) is 0 Å². The molecule has 0 fully saturated rings. The van der Waals surface area contributed by atoms with Crippen molar-refractivity contribution in [2.24, 2.45) is 11.8 Å². The number of methoxy groups -OCH3 is 1. The van der Waals surface area contributed by atoms with E-state index in [1.807, 2.05) is 0 Å². The summed E-state index contributed by atoms with van der Waals surface area (Å²) in [6.07, 6.45) is 17.9. The van der Waals surface area contributed by atoms with Crippen molar-refractivity contribution in [2.45, 2.75) is 91.4 Å². The predicted molar refractivity (Wildman–Crippen MR) is 115 cm³/mol. The summed E-state index contributed by atoms with van der Waals surface area (Å²) in [5.74, 6) is 2.60. The highest BCUT2D eigenvalue weighted by molar-refractivity contribution is 8.03. The number of carbonyl (C=O) groups excluding carboxylic acids is 1. The Labute approximate surface area is 166 Å². The van der Waals surface area contributed by atoms with E-state index in [0.29, 0.717) is 12.3 Å². The zero-order valence-corrected chi connectivity index (χ0v) is 18.3. The van der Waals surface area contributed by atoms with Crippen LogP contribution in [0.2, 0.25) is 0 Å². The minimum absolute atomic E-state index is 0.0822. The number of ether oxygens (including phenoxy) is 1. The monoisotopic (exact) mass is 380 g/mol. The van der Waals surface area contributed by atoms with Crippen LogP contribution in [0.1, 0.15) is 91.4 Å². The van der Waals surface area contributed by atoms with E-state index in [0.717, 1.165) is 18.8 Å². The summed E-state index contributed by atoms with van der Waals surface area (Å²) in [7, 11) is 1.47. The maximum absolute atomic E-state index is 11.1. The fourth-order valence-corrected chi connectivity index (χ4v) is 4.85. The molecule has 0 saturated carbocycles. The van der Waals surface area contributed by atoms with E-state index in [1.165, 1.54) is 64.2 Å². The molecule has 3 heteroatoms. The maximum Gasteiger partial charge on any atom is 0.305 e. The summed E-state index contributed by atoms with van der Waals surface area (Å²) >= 11 is 2.05. The third-order valence-corrected chi connectivity index (χ3v) is 6.80. The van der Waals surface area contributed by atoms with E-state index in [2.05, 4.69) is 49.4 Å². The number of thioether (sulfide) groups is 1. The number of rotatable bonds is 14. The van der Waals surface area contributed by atoms with Crippen LogP contribution >= 0.6 is 11.8 Å². The lowest BCUT2D eigenvalue weighted by atomic mass is 9.98. The highest BCUT2D eigenvalue weighted by Crippen LogP contribution is 2.40. The molecule has 0 aromatic carbocycles. The first-order chi connectivity index (χ1) is 12.6. The van der Waals surface area contributed by atoms with Crippen molar-refractivity contribution >= 4 is 17.7 Å². The molecule has 0 aromatic heterocycles. The lowest BCUT2D eigenvalue weighted by Crippen LogP contribution is -1.99. The second-order valence-corrected chi connectivity index (χ2v) is 8.91. The van der Waals surface area contributed by atoms with Crippen LogP contribution in [0.3, 0.4) is 0 Å². The van der Waals surface area contributed by atoms with E-state index in [4.69, 9.17) is 0 Å². The number of hydrogen-bond acceptors (Lipinski definition) is 3. The normalized spacial score (nSPS) is 18.7. The molecule has 26 heavy (non-hydrogen) atoms. The van der Waals surface area contributed by atoms with Crippen molar-refractivity contribution in [2.75, 3.05) is 12.9 Å². The second-order valence-electron chi connectivity index (χ2n) is 7.78. The topological polar surface area (TPSA) is 26.3 Å². The third-order valence-electron chi connectivity index (χ3n) is 5.34. The van der Waals surface area contributed by atoms with Gasteiger partial charge in [0.05, 0.1) is 7.11 Å². The molecule has 0 N–H and O–H groups in total. The molecule has 1 aliphatic rings. The first-order valence-electron chi connectivity index (χ1n) is 10.6. The summed E-state index contributed by atoms with van der Waals surface area (Å²) in [6.45, 7) is 6.98. The van der Waals surface area contributed by atoms with Crippen molar-refractivity contribution < 1.29 is 9.53 Å². The van der Waals surface area contributed by atoms with Crippen LogP contribution < -0.4 is 0 Å². The van der Waals surface area contributed by atoms with Crippen LogP contribution in [0.15, 0.2) is 22.6 Å². The smallest absolute Gasteiger partial charge is 0.305 e. The van der Waals surface area contributed by atoms with Gasteiger partial charge in [0.1, 0.15) is 0 Å². The highest BCUT2D eigenvalue weighted by atomic mass is 32.2. The Morgan fingerprint density at radius 1 is 1.27 bits per heavy atom. The minimum Gasteiger partial charge on any atom is -0.469 e. The van der Waals surface area contributed by atoms with Crippen molar-refractivity contribution in [3.05, 3.63) is 22.6 Å². The molecule has 0 radical (unpaired) electrons. The largest absolute Gasteiger partial charge is 0.469 e. The molecule has 2 nitrogen and oxygen atoms in total.